The van der Waals surface area contributed by atoms with Crippen molar-refractivity contribution >= 4 is 0 Å². The van der Waals surface area contributed by atoms with E-state index in [2.05, 4.69) is 41.5 Å². The Labute approximate surface area is 91.5 Å². The molecule has 0 spiro atoms. The van der Waals surface area contributed by atoms with Gasteiger partial charge < -0.3 is 0 Å². The standard InChI is InChI=1S/C14H30/c1-7-9-13(5)10-11-14(6,8-2)12(3)4/h12-13H,7-11H2,1-6H3. The molecular weight excluding hydrogens is 168 g/mol. The summed E-state index contributed by atoms with van der Waals surface area (Å²) in [6.45, 7) is 14.2. The second-order valence-electron chi connectivity index (χ2n) is 5.59. The maximum Gasteiger partial charge on any atom is -0.0305 e. The summed E-state index contributed by atoms with van der Waals surface area (Å²) in [7, 11) is 0. The maximum absolute atomic E-state index is 2.45. The lowest BCUT2D eigenvalue weighted by Crippen LogP contribution is -2.23. The van der Waals surface area contributed by atoms with Crippen LogP contribution >= 0.6 is 0 Å². The molecule has 0 bridgehead atoms. The maximum atomic E-state index is 2.45. The molecule has 0 aliphatic heterocycles. The van der Waals surface area contributed by atoms with Gasteiger partial charge in [-0.1, -0.05) is 67.2 Å². The van der Waals surface area contributed by atoms with E-state index in [1.165, 1.54) is 32.1 Å². The van der Waals surface area contributed by atoms with Gasteiger partial charge in [0.15, 0.2) is 0 Å². The van der Waals surface area contributed by atoms with E-state index < -0.39 is 0 Å². The van der Waals surface area contributed by atoms with Crippen molar-refractivity contribution in [2.45, 2.75) is 73.6 Å². The fraction of sp³-hybridized carbons (Fsp3) is 1.00. The first-order valence-electron chi connectivity index (χ1n) is 6.46. The van der Waals surface area contributed by atoms with E-state index >= 15 is 0 Å². The zero-order chi connectivity index (χ0) is 11.2. The molecule has 0 rings (SSSR count). The van der Waals surface area contributed by atoms with E-state index in [1.807, 2.05) is 0 Å². The Balaban J connectivity index is 3.95. The molecule has 0 heteroatoms. The number of rotatable bonds is 7. The molecule has 0 heterocycles. The van der Waals surface area contributed by atoms with Gasteiger partial charge in [-0.25, -0.2) is 0 Å². The normalized spacial score (nSPS) is 18.2. The van der Waals surface area contributed by atoms with Gasteiger partial charge in [-0.2, -0.15) is 0 Å². The molecule has 0 fully saturated rings. The van der Waals surface area contributed by atoms with Gasteiger partial charge in [0, 0.05) is 0 Å². The molecule has 0 amide bonds. The fourth-order valence-corrected chi connectivity index (χ4v) is 2.09. The average molecular weight is 198 g/mol. The molecule has 0 aliphatic rings. The summed E-state index contributed by atoms with van der Waals surface area (Å²) in [5, 5.41) is 0. The van der Waals surface area contributed by atoms with Crippen LogP contribution in [0.3, 0.4) is 0 Å². The first kappa shape index (κ1) is 14.0. The molecule has 0 radical (unpaired) electrons. The molecule has 2 unspecified atom stereocenters. The lowest BCUT2D eigenvalue weighted by molar-refractivity contribution is 0.173. The molecule has 14 heavy (non-hydrogen) atoms. The topological polar surface area (TPSA) is 0 Å². The number of hydrogen-bond acceptors (Lipinski definition) is 0. The minimum atomic E-state index is 0.571. The van der Waals surface area contributed by atoms with Gasteiger partial charge in [-0.3, -0.25) is 0 Å². The summed E-state index contributed by atoms with van der Waals surface area (Å²) in [6.07, 6.45) is 6.88. The van der Waals surface area contributed by atoms with E-state index in [4.69, 9.17) is 0 Å². The van der Waals surface area contributed by atoms with E-state index in [1.54, 1.807) is 0 Å². The minimum Gasteiger partial charge on any atom is -0.0654 e. The van der Waals surface area contributed by atoms with E-state index in [0.29, 0.717) is 5.41 Å². The van der Waals surface area contributed by atoms with Gasteiger partial charge in [0.1, 0.15) is 0 Å². The molecule has 0 saturated heterocycles. The Kier molecular flexibility index (Phi) is 6.48. The van der Waals surface area contributed by atoms with Crippen molar-refractivity contribution in [3.05, 3.63) is 0 Å². The zero-order valence-corrected chi connectivity index (χ0v) is 11.2. The summed E-state index contributed by atoms with van der Waals surface area (Å²) in [6, 6.07) is 0. The van der Waals surface area contributed by atoms with E-state index in [9.17, 15) is 0 Å². The Morgan fingerprint density at radius 1 is 1.00 bits per heavy atom. The van der Waals surface area contributed by atoms with Crippen LogP contribution in [0.2, 0.25) is 0 Å². The van der Waals surface area contributed by atoms with Crippen LogP contribution < -0.4 is 0 Å². The molecule has 2 atom stereocenters. The zero-order valence-electron chi connectivity index (χ0n) is 11.2. The lowest BCUT2D eigenvalue weighted by atomic mass is 9.72. The summed E-state index contributed by atoms with van der Waals surface area (Å²) < 4.78 is 0. The molecule has 0 N–H and O–H groups in total. The first-order chi connectivity index (χ1) is 6.46. The Morgan fingerprint density at radius 2 is 1.57 bits per heavy atom. The van der Waals surface area contributed by atoms with Crippen LogP contribution in [0.15, 0.2) is 0 Å². The smallest absolute Gasteiger partial charge is 0.0305 e. The van der Waals surface area contributed by atoms with Gasteiger partial charge in [-0.05, 0) is 23.7 Å². The molecule has 0 nitrogen and oxygen atoms in total. The third-order valence-electron chi connectivity index (χ3n) is 4.19. The Bertz CT molecular complexity index is 137. The average Bonchev–Trinajstić information content (AvgIpc) is 2.14. The van der Waals surface area contributed by atoms with Crippen LogP contribution in [-0.4, -0.2) is 0 Å². The molecule has 0 aromatic heterocycles. The molecular formula is C14H30. The minimum absolute atomic E-state index is 0.571. The largest absolute Gasteiger partial charge is 0.0654 e. The van der Waals surface area contributed by atoms with E-state index in [-0.39, 0.29) is 0 Å². The molecule has 0 aromatic carbocycles. The fourth-order valence-electron chi connectivity index (χ4n) is 2.09. The Hall–Kier alpha value is 0. The highest BCUT2D eigenvalue weighted by atomic mass is 14.3. The van der Waals surface area contributed by atoms with Crippen LogP contribution in [0.25, 0.3) is 0 Å². The second-order valence-corrected chi connectivity index (χ2v) is 5.59. The highest BCUT2D eigenvalue weighted by Gasteiger charge is 2.26. The van der Waals surface area contributed by atoms with Gasteiger partial charge in [-0.15, -0.1) is 0 Å². The van der Waals surface area contributed by atoms with Crippen LogP contribution in [0.4, 0.5) is 0 Å². The SMILES string of the molecule is CCCC(C)CCC(C)(CC)C(C)C. The third kappa shape index (κ3) is 4.48. The third-order valence-corrected chi connectivity index (χ3v) is 4.19. The molecule has 0 aromatic rings. The predicted octanol–water partition coefficient (Wildman–Crippen LogP) is 5.28. The summed E-state index contributed by atoms with van der Waals surface area (Å²) >= 11 is 0. The van der Waals surface area contributed by atoms with Gasteiger partial charge in [0.25, 0.3) is 0 Å². The van der Waals surface area contributed by atoms with Crippen molar-refractivity contribution in [3.8, 4) is 0 Å². The van der Waals surface area contributed by atoms with Crippen LogP contribution in [-0.2, 0) is 0 Å². The highest BCUT2D eigenvalue weighted by Crippen LogP contribution is 2.37. The predicted molar refractivity (Wildman–Crippen MR) is 66.5 cm³/mol. The summed E-state index contributed by atoms with van der Waals surface area (Å²) in [4.78, 5) is 0. The van der Waals surface area contributed by atoms with Crippen molar-refractivity contribution in [1.29, 1.82) is 0 Å². The molecule has 0 aliphatic carbocycles. The van der Waals surface area contributed by atoms with Crippen LogP contribution in [0, 0.1) is 17.3 Å². The van der Waals surface area contributed by atoms with Crippen molar-refractivity contribution < 1.29 is 0 Å². The van der Waals surface area contributed by atoms with Gasteiger partial charge >= 0.3 is 0 Å². The van der Waals surface area contributed by atoms with Crippen LogP contribution in [0.1, 0.15) is 73.6 Å². The summed E-state index contributed by atoms with van der Waals surface area (Å²) in [5.74, 6) is 1.74. The first-order valence-corrected chi connectivity index (χ1v) is 6.46. The molecule has 86 valence electrons. The van der Waals surface area contributed by atoms with Crippen molar-refractivity contribution in [2.75, 3.05) is 0 Å². The second kappa shape index (κ2) is 6.48. The number of hydrogen-bond donors (Lipinski definition) is 0. The quantitative estimate of drug-likeness (QED) is 0.522. The monoisotopic (exact) mass is 198 g/mol. The highest BCUT2D eigenvalue weighted by molar-refractivity contribution is 4.76. The summed E-state index contributed by atoms with van der Waals surface area (Å²) in [5.41, 5.74) is 0.571. The van der Waals surface area contributed by atoms with Crippen molar-refractivity contribution in [3.63, 3.8) is 0 Å². The van der Waals surface area contributed by atoms with Crippen molar-refractivity contribution in [2.24, 2.45) is 17.3 Å². The van der Waals surface area contributed by atoms with Gasteiger partial charge in [0.2, 0.25) is 0 Å². The lowest BCUT2D eigenvalue weighted by Gasteiger charge is -2.33. The Morgan fingerprint density at radius 3 is 1.93 bits per heavy atom. The van der Waals surface area contributed by atoms with Crippen LogP contribution in [0.5, 0.6) is 0 Å². The van der Waals surface area contributed by atoms with Gasteiger partial charge in [0.05, 0.1) is 0 Å². The molecule has 0 saturated carbocycles. The van der Waals surface area contributed by atoms with E-state index in [0.717, 1.165) is 11.8 Å². The van der Waals surface area contributed by atoms with Crippen molar-refractivity contribution in [1.82, 2.24) is 0 Å².